The molecule has 0 amide bonds. The van der Waals surface area contributed by atoms with Crippen LogP contribution in [0.3, 0.4) is 0 Å². The second-order valence-corrected chi connectivity index (χ2v) is 4.26. The number of aromatic hydroxyl groups is 1. The SMILES string of the molecule is OCCC#Cc1cccc(OCc2cccc(O)c2)c1. The maximum absolute atomic E-state index is 9.38. The Kier molecular flexibility index (Phi) is 5.05. The topological polar surface area (TPSA) is 49.7 Å². The van der Waals surface area contributed by atoms with Gasteiger partial charge in [0.2, 0.25) is 0 Å². The standard InChI is InChI=1S/C17H16O3/c18-10-2-1-5-14-6-4-9-17(12-14)20-13-15-7-3-8-16(19)11-15/h3-4,6-9,11-12,18-19H,2,10,13H2. The zero-order valence-corrected chi connectivity index (χ0v) is 11.0. The van der Waals surface area contributed by atoms with Gasteiger partial charge < -0.3 is 14.9 Å². The summed E-state index contributed by atoms with van der Waals surface area (Å²) in [5.41, 5.74) is 1.76. The molecule has 0 bridgehead atoms. The summed E-state index contributed by atoms with van der Waals surface area (Å²) >= 11 is 0. The van der Waals surface area contributed by atoms with E-state index in [1.165, 1.54) is 0 Å². The van der Waals surface area contributed by atoms with E-state index in [0.717, 1.165) is 16.9 Å². The van der Waals surface area contributed by atoms with Crippen molar-refractivity contribution in [2.45, 2.75) is 13.0 Å². The first-order valence-electron chi connectivity index (χ1n) is 6.38. The van der Waals surface area contributed by atoms with E-state index in [9.17, 15) is 5.11 Å². The van der Waals surface area contributed by atoms with Crippen LogP contribution in [0.2, 0.25) is 0 Å². The number of aliphatic hydroxyl groups is 1. The van der Waals surface area contributed by atoms with Gasteiger partial charge in [-0.1, -0.05) is 30.0 Å². The van der Waals surface area contributed by atoms with Crippen LogP contribution in [0, 0.1) is 11.8 Å². The van der Waals surface area contributed by atoms with Gasteiger partial charge >= 0.3 is 0 Å². The Bertz CT molecular complexity index is 623. The molecule has 2 N–H and O–H groups in total. The maximum Gasteiger partial charge on any atom is 0.121 e. The molecule has 0 saturated heterocycles. The Hall–Kier alpha value is -2.44. The highest BCUT2D eigenvalue weighted by Crippen LogP contribution is 2.16. The Morgan fingerprint density at radius 3 is 2.70 bits per heavy atom. The van der Waals surface area contributed by atoms with Crippen LogP contribution in [0.1, 0.15) is 17.5 Å². The molecule has 3 nitrogen and oxygen atoms in total. The predicted molar refractivity (Wildman–Crippen MR) is 77.5 cm³/mol. The van der Waals surface area contributed by atoms with E-state index in [1.807, 2.05) is 30.3 Å². The van der Waals surface area contributed by atoms with Gasteiger partial charge in [-0.25, -0.2) is 0 Å². The molecule has 2 aromatic carbocycles. The number of phenolic OH excluding ortho intramolecular Hbond substituents is 1. The summed E-state index contributed by atoms with van der Waals surface area (Å²) < 4.78 is 5.67. The van der Waals surface area contributed by atoms with Crippen LogP contribution >= 0.6 is 0 Å². The molecule has 0 aliphatic rings. The summed E-state index contributed by atoms with van der Waals surface area (Å²) in [4.78, 5) is 0. The second-order valence-electron chi connectivity index (χ2n) is 4.26. The van der Waals surface area contributed by atoms with Crippen molar-refractivity contribution >= 4 is 0 Å². The number of phenols is 1. The highest BCUT2D eigenvalue weighted by atomic mass is 16.5. The van der Waals surface area contributed by atoms with Gasteiger partial charge in [0.25, 0.3) is 0 Å². The normalized spacial score (nSPS) is 9.65. The summed E-state index contributed by atoms with van der Waals surface area (Å²) in [5.74, 6) is 6.79. The fourth-order valence-corrected chi connectivity index (χ4v) is 1.70. The van der Waals surface area contributed by atoms with Crippen LogP contribution in [0.25, 0.3) is 0 Å². The third-order valence-electron chi connectivity index (χ3n) is 2.62. The number of hydrogen-bond acceptors (Lipinski definition) is 3. The molecule has 3 heteroatoms. The summed E-state index contributed by atoms with van der Waals surface area (Å²) in [6.07, 6.45) is 0.467. The number of rotatable bonds is 4. The highest BCUT2D eigenvalue weighted by molar-refractivity contribution is 5.40. The number of aliphatic hydroxyl groups excluding tert-OH is 1. The molecule has 0 unspecified atom stereocenters. The van der Waals surface area contributed by atoms with E-state index in [-0.39, 0.29) is 12.4 Å². The van der Waals surface area contributed by atoms with Crippen molar-refractivity contribution in [3.63, 3.8) is 0 Å². The molecule has 0 atom stereocenters. The Labute approximate surface area is 118 Å². The summed E-state index contributed by atoms with van der Waals surface area (Å²) in [5, 5.41) is 18.1. The van der Waals surface area contributed by atoms with Gasteiger partial charge in [-0.05, 0) is 35.9 Å². The van der Waals surface area contributed by atoms with Gasteiger partial charge in [0, 0.05) is 12.0 Å². The lowest BCUT2D eigenvalue weighted by atomic mass is 10.2. The lowest BCUT2D eigenvalue weighted by Gasteiger charge is -2.06. The minimum atomic E-state index is 0.0701. The third-order valence-corrected chi connectivity index (χ3v) is 2.62. The Morgan fingerprint density at radius 2 is 1.90 bits per heavy atom. The van der Waals surface area contributed by atoms with Crippen molar-refractivity contribution in [1.29, 1.82) is 0 Å². The molecule has 0 spiro atoms. The molecule has 2 aromatic rings. The number of hydrogen-bond donors (Lipinski definition) is 2. The van der Waals surface area contributed by atoms with Crippen molar-refractivity contribution < 1.29 is 14.9 Å². The molecule has 102 valence electrons. The Balaban J connectivity index is 2.00. The highest BCUT2D eigenvalue weighted by Gasteiger charge is 1.98. The van der Waals surface area contributed by atoms with Gasteiger partial charge in [0.1, 0.15) is 18.1 Å². The van der Waals surface area contributed by atoms with Crippen LogP contribution < -0.4 is 4.74 Å². The molecular weight excluding hydrogens is 252 g/mol. The van der Waals surface area contributed by atoms with E-state index < -0.39 is 0 Å². The van der Waals surface area contributed by atoms with Crippen LogP contribution in [0.4, 0.5) is 0 Å². The van der Waals surface area contributed by atoms with Crippen LogP contribution in [-0.2, 0) is 6.61 Å². The van der Waals surface area contributed by atoms with Gasteiger partial charge in [-0.3, -0.25) is 0 Å². The summed E-state index contributed by atoms with van der Waals surface area (Å²) in [6.45, 7) is 0.461. The van der Waals surface area contributed by atoms with E-state index in [2.05, 4.69) is 11.8 Å². The average Bonchev–Trinajstić information content (AvgIpc) is 2.46. The first-order valence-corrected chi connectivity index (χ1v) is 6.38. The lowest BCUT2D eigenvalue weighted by molar-refractivity contribution is 0.305. The molecule has 0 aliphatic carbocycles. The molecule has 0 aromatic heterocycles. The van der Waals surface area contributed by atoms with E-state index >= 15 is 0 Å². The van der Waals surface area contributed by atoms with Gasteiger partial charge in [0.05, 0.1) is 6.61 Å². The third kappa shape index (κ3) is 4.34. The fourth-order valence-electron chi connectivity index (χ4n) is 1.70. The van der Waals surface area contributed by atoms with Gasteiger partial charge in [-0.2, -0.15) is 0 Å². The van der Waals surface area contributed by atoms with Crippen molar-refractivity contribution in [3.8, 4) is 23.3 Å². The smallest absolute Gasteiger partial charge is 0.121 e. The minimum Gasteiger partial charge on any atom is -0.508 e. The van der Waals surface area contributed by atoms with E-state index in [1.54, 1.807) is 18.2 Å². The second kappa shape index (κ2) is 7.22. The maximum atomic E-state index is 9.38. The Morgan fingerprint density at radius 1 is 1.05 bits per heavy atom. The molecule has 0 saturated carbocycles. The first-order chi connectivity index (χ1) is 9.78. The zero-order valence-electron chi connectivity index (χ0n) is 11.0. The fraction of sp³-hybridized carbons (Fsp3) is 0.176. The molecule has 0 radical (unpaired) electrons. The number of benzene rings is 2. The van der Waals surface area contributed by atoms with Crippen LogP contribution in [0.5, 0.6) is 11.5 Å². The van der Waals surface area contributed by atoms with Crippen molar-refractivity contribution in [1.82, 2.24) is 0 Å². The van der Waals surface area contributed by atoms with Gasteiger partial charge in [-0.15, -0.1) is 0 Å². The first kappa shape index (κ1) is 14.0. The summed E-state index contributed by atoms with van der Waals surface area (Å²) in [6, 6.07) is 14.5. The minimum absolute atomic E-state index is 0.0701. The van der Waals surface area contributed by atoms with E-state index in [4.69, 9.17) is 9.84 Å². The summed E-state index contributed by atoms with van der Waals surface area (Å²) in [7, 11) is 0. The molecule has 20 heavy (non-hydrogen) atoms. The quantitative estimate of drug-likeness (QED) is 0.838. The van der Waals surface area contributed by atoms with E-state index in [0.29, 0.717) is 13.0 Å². The molecule has 0 aliphatic heterocycles. The van der Waals surface area contributed by atoms with Crippen molar-refractivity contribution in [2.24, 2.45) is 0 Å². The predicted octanol–water partition coefficient (Wildman–Crippen LogP) is 2.71. The number of ether oxygens (including phenoxy) is 1. The lowest BCUT2D eigenvalue weighted by Crippen LogP contribution is -1.95. The molecule has 2 rings (SSSR count). The molecule has 0 heterocycles. The largest absolute Gasteiger partial charge is 0.508 e. The zero-order chi connectivity index (χ0) is 14.2. The molecular formula is C17H16O3. The van der Waals surface area contributed by atoms with Crippen molar-refractivity contribution in [2.75, 3.05) is 6.61 Å². The van der Waals surface area contributed by atoms with Crippen LogP contribution in [0.15, 0.2) is 48.5 Å². The molecule has 0 fully saturated rings. The van der Waals surface area contributed by atoms with Crippen LogP contribution in [-0.4, -0.2) is 16.8 Å². The monoisotopic (exact) mass is 268 g/mol. The average molecular weight is 268 g/mol. The van der Waals surface area contributed by atoms with Gasteiger partial charge in [0.15, 0.2) is 0 Å². The van der Waals surface area contributed by atoms with Crippen molar-refractivity contribution in [3.05, 3.63) is 59.7 Å².